The molecule has 1 aliphatic heterocycles. The molecule has 0 bridgehead atoms. The Balaban J connectivity index is 0.000000316. The molecule has 9 nitrogen and oxygen atoms in total. The quantitative estimate of drug-likeness (QED) is 0.0363. The van der Waals surface area contributed by atoms with Crippen LogP contribution in [-0.2, 0) is 33.4 Å². The van der Waals surface area contributed by atoms with E-state index in [1.165, 1.54) is 92.9 Å². The first-order valence-corrected chi connectivity index (χ1v) is 22.0. The van der Waals surface area contributed by atoms with Gasteiger partial charge in [-0.15, -0.1) is 0 Å². The van der Waals surface area contributed by atoms with Crippen molar-refractivity contribution in [2.75, 3.05) is 34.4 Å². The lowest BCUT2D eigenvalue weighted by Crippen LogP contribution is -2.40. The van der Waals surface area contributed by atoms with Crippen LogP contribution in [0.3, 0.4) is 0 Å². The molecule has 4 rings (SSSR count). The largest absolute Gasteiger partial charge is 0.465 e. The molecule has 0 fully saturated rings. The average molecular weight is 841 g/mol. The maximum atomic E-state index is 11.9. The zero-order chi connectivity index (χ0) is 46.0. The zero-order valence-electron chi connectivity index (χ0n) is 40.0. The van der Waals surface area contributed by atoms with Gasteiger partial charge < -0.3 is 19.1 Å². The molecule has 61 heavy (non-hydrogen) atoms. The lowest BCUT2D eigenvalue weighted by Gasteiger charge is -2.43. The summed E-state index contributed by atoms with van der Waals surface area (Å²) in [5, 5.41) is 0. The molecular formula is C52H76N2O7. The van der Waals surface area contributed by atoms with E-state index in [-0.39, 0.29) is 39.8 Å². The maximum Gasteiger partial charge on any atom is 0.337 e. The minimum absolute atomic E-state index is 0.112. The van der Waals surface area contributed by atoms with Gasteiger partial charge in [0.15, 0.2) is 0 Å². The van der Waals surface area contributed by atoms with Gasteiger partial charge in [0.1, 0.15) is 6.29 Å². The van der Waals surface area contributed by atoms with E-state index in [4.69, 9.17) is 9.47 Å². The third-order valence-corrected chi connectivity index (χ3v) is 12.3. The molecule has 0 aromatic rings. The van der Waals surface area contributed by atoms with Crippen LogP contribution in [-0.4, -0.2) is 75.8 Å². The van der Waals surface area contributed by atoms with Crippen molar-refractivity contribution in [3.05, 3.63) is 105 Å². The maximum absolute atomic E-state index is 11.9. The van der Waals surface area contributed by atoms with Crippen molar-refractivity contribution in [3.63, 3.8) is 0 Å². The van der Waals surface area contributed by atoms with Crippen LogP contribution in [0.5, 0.6) is 0 Å². The first-order valence-electron chi connectivity index (χ1n) is 22.0. The molecule has 0 saturated carbocycles. The fraction of sp³-hybridized carbons (Fsp3) is 0.558. The molecule has 0 radical (unpaired) electrons. The molecule has 1 atom stereocenters. The van der Waals surface area contributed by atoms with Gasteiger partial charge >= 0.3 is 17.9 Å². The highest BCUT2D eigenvalue weighted by molar-refractivity contribution is 5.96. The van der Waals surface area contributed by atoms with Crippen molar-refractivity contribution >= 4 is 30.4 Å². The number of aldehydes is 1. The van der Waals surface area contributed by atoms with E-state index in [0.29, 0.717) is 24.0 Å². The van der Waals surface area contributed by atoms with Gasteiger partial charge in [0, 0.05) is 25.5 Å². The summed E-state index contributed by atoms with van der Waals surface area (Å²) >= 11 is 0. The molecule has 3 aliphatic carbocycles. The van der Waals surface area contributed by atoms with E-state index in [9.17, 15) is 19.2 Å². The van der Waals surface area contributed by atoms with Crippen LogP contribution in [0.2, 0.25) is 0 Å². The molecule has 0 aromatic heterocycles. The van der Waals surface area contributed by atoms with E-state index >= 15 is 0 Å². The third-order valence-electron chi connectivity index (χ3n) is 12.3. The lowest BCUT2D eigenvalue weighted by atomic mass is 9.69. The molecule has 9 heteroatoms. The highest BCUT2D eigenvalue weighted by Crippen LogP contribution is 2.45. The Morgan fingerprint density at radius 3 is 1.61 bits per heavy atom. The summed E-state index contributed by atoms with van der Waals surface area (Å²) in [4.78, 5) is 52.1. The van der Waals surface area contributed by atoms with Gasteiger partial charge in [0.25, 0.3) is 0 Å². The number of esters is 3. The Morgan fingerprint density at radius 2 is 1.20 bits per heavy atom. The smallest absolute Gasteiger partial charge is 0.337 e. The monoisotopic (exact) mass is 841 g/mol. The fourth-order valence-electron chi connectivity index (χ4n) is 8.99. The van der Waals surface area contributed by atoms with Gasteiger partial charge in [-0.1, -0.05) is 70.4 Å². The van der Waals surface area contributed by atoms with Gasteiger partial charge in [-0.25, -0.2) is 14.4 Å². The van der Waals surface area contributed by atoms with E-state index in [0.717, 1.165) is 32.2 Å². The molecule has 1 unspecified atom stereocenters. The summed E-state index contributed by atoms with van der Waals surface area (Å²) in [6, 6.07) is 0.171. The molecule has 0 amide bonds. The number of rotatable bonds is 12. The van der Waals surface area contributed by atoms with Gasteiger partial charge in [-0.3, -0.25) is 9.79 Å². The van der Waals surface area contributed by atoms with Crippen molar-refractivity contribution in [2.45, 2.75) is 140 Å². The van der Waals surface area contributed by atoms with Crippen molar-refractivity contribution in [2.24, 2.45) is 21.2 Å². The Hall–Kier alpha value is -4.79. The second-order valence-electron chi connectivity index (χ2n) is 18.2. The number of hydrogen-bond donors (Lipinski definition) is 0. The van der Waals surface area contributed by atoms with Crippen LogP contribution in [0.25, 0.3) is 0 Å². The normalized spacial score (nSPS) is 21.4. The van der Waals surface area contributed by atoms with Crippen LogP contribution in [0.4, 0.5) is 0 Å². The number of likely N-dealkylation sites (N-methyl/N-ethyl adjacent to an activating group) is 1. The second kappa shape index (κ2) is 24.6. The third kappa shape index (κ3) is 15.3. The minimum atomic E-state index is -0.491. The summed E-state index contributed by atoms with van der Waals surface area (Å²) in [6.07, 6.45) is 29.3. The molecular weight excluding hydrogens is 765 g/mol. The molecule has 0 saturated heterocycles. The van der Waals surface area contributed by atoms with Crippen LogP contribution >= 0.6 is 0 Å². The number of ether oxygens (including phenoxy) is 3. The molecule has 0 spiro atoms. The molecule has 0 aromatic carbocycles. The Bertz CT molecular complexity index is 1890. The van der Waals surface area contributed by atoms with Crippen molar-refractivity contribution in [1.29, 1.82) is 0 Å². The number of carbonyl (C=O) groups is 4. The van der Waals surface area contributed by atoms with Crippen LogP contribution in [0.15, 0.2) is 110 Å². The van der Waals surface area contributed by atoms with Gasteiger partial charge in [-0.2, -0.15) is 0 Å². The summed E-state index contributed by atoms with van der Waals surface area (Å²) in [7, 11) is 4.15. The van der Waals surface area contributed by atoms with Crippen LogP contribution < -0.4 is 0 Å². The highest BCUT2D eigenvalue weighted by atomic mass is 16.5. The summed E-state index contributed by atoms with van der Waals surface area (Å²) in [5.74, 6) is -1.07. The zero-order valence-corrected chi connectivity index (χ0v) is 40.0. The number of methoxy groups -OCH3 is 3. The lowest BCUT2D eigenvalue weighted by molar-refractivity contribution is -0.136. The Kier molecular flexibility index (Phi) is 21.1. The van der Waals surface area contributed by atoms with Gasteiger partial charge in [0.2, 0.25) is 0 Å². The second-order valence-corrected chi connectivity index (χ2v) is 18.2. The van der Waals surface area contributed by atoms with Crippen molar-refractivity contribution < 1.29 is 33.4 Å². The number of hydrogen-bond acceptors (Lipinski definition) is 9. The van der Waals surface area contributed by atoms with Gasteiger partial charge in [0.05, 0.1) is 44.1 Å². The van der Waals surface area contributed by atoms with Crippen molar-refractivity contribution in [1.82, 2.24) is 4.90 Å². The predicted molar refractivity (Wildman–Crippen MR) is 250 cm³/mol. The van der Waals surface area contributed by atoms with Gasteiger partial charge in [-0.05, 0) is 162 Å². The Labute approximate surface area is 368 Å². The highest BCUT2D eigenvalue weighted by Gasteiger charge is 2.36. The van der Waals surface area contributed by atoms with E-state index < -0.39 is 5.97 Å². The molecule has 336 valence electrons. The van der Waals surface area contributed by atoms with Crippen LogP contribution in [0.1, 0.15) is 134 Å². The van der Waals surface area contributed by atoms with Crippen molar-refractivity contribution in [3.8, 4) is 0 Å². The molecule has 0 N–H and O–H groups in total. The topological polar surface area (TPSA) is 112 Å². The number of nitrogens with zero attached hydrogens (tertiary/aromatic N) is 2. The predicted octanol–water partition coefficient (Wildman–Crippen LogP) is 11.5. The Morgan fingerprint density at radius 1 is 0.721 bits per heavy atom. The van der Waals surface area contributed by atoms with E-state index in [2.05, 4.69) is 96.0 Å². The standard InChI is InChI=1S/2C18H27NO2.C16H22O3/c1-6-19-11-9-14(17(20)21-5)12-15(19)16-13(2)8-7-10-18(16,3)4;1-6-19-13-11-15(17(20)21-5)9-10-16-14(2)8-7-12-18(16,3)4;1-12-6-5-10-16(2,3)14(12)8-7-13(9-11-17)15(18)19-4/h9,11-12,15H,6-8,10H2,1-5H3;9-11,13H,6-8,12H2,1-5H3;7-9,11H,5-6,10H2,1-4H3/b;10-9+,15-11+,19-13?;8-7+,13-9+. The first kappa shape index (κ1) is 52.3. The number of carbonyl (C=O) groups excluding carboxylic acids is 4. The SMILES string of the molecule is CCN1C=CC(C(=O)OC)=CC1C1=C(C)CCCC1(C)C.CCN=C/C=C(\C=C\C1=C(C)CCCC1(C)C)C(=O)OC.COC(=O)C(/C=C/C1=C(C)CCCC1(C)C)=C/C=O. The number of aliphatic imine (C=N–C) groups is 1. The average Bonchev–Trinajstić information content (AvgIpc) is 3.21. The number of allylic oxidation sites excluding steroid dienone is 9. The summed E-state index contributed by atoms with van der Waals surface area (Å²) in [5.41, 5.74) is 10.2. The minimum Gasteiger partial charge on any atom is -0.465 e. The molecule has 1 heterocycles. The van der Waals surface area contributed by atoms with E-state index in [1.54, 1.807) is 18.4 Å². The fourth-order valence-corrected chi connectivity index (χ4v) is 8.99. The van der Waals surface area contributed by atoms with Crippen LogP contribution in [0, 0.1) is 16.2 Å². The summed E-state index contributed by atoms with van der Waals surface area (Å²) < 4.78 is 14.4. The summed E-state index contributed by atoms with van der Waals surface area (Å²) in [6.45, 7) is 25.9. The molecule has 4 aliphatic rings. The first-order chi connectivity index (χ1) is 28.7. The van der Waals surface area contributed by atoms with E-state index in [1.807, 2.05) is 31.4 Å².